The molecule has 0 spiro atoms. The lowest BCUT2D eigenvalue weighted by molar-refractivity contribution is 0.279. The summed E-state index contributed by atoms with van der Waals surface area (Å²) in [5.41, 5.74) is 0.220. The molecule has 60 valence electrons. The smallest absolute Gasteiger partial charge is 0.194 e. The molecule has 0 aliphatic rings. The summed E-state index contributed by atoms with van der Waals surface area (Å²) in [4.78, 5) is 0. The first-order valence-electron chi connectivity index (χ1n) is 2.96. The van der Waals surface area contributed by atoms with Gasteiger partial charge in [0.15, 0.2) is 17.3 Å². The highest BCUT2D eigenvalue weighted by Crippen LogP contribution is 2.28. The Hall–Kier alpha value is -1.29. The van der Waals surface area contributed by atoms with Crippen LogP contribution in [0.2, 0.25) is 0 Å². The van der Waals surface area contributed by atoms with Crippen molar-refractivity contribution in [2.24, 2.45) is 0 Å². The van der Waals surface area contributed by atoms with E-state index >= 15 is 0 Å². The van der Waals surface area contributed by atoms with Crippen molar-refractivity contribution < 1.29 is 19.7 Å². The summed E-state index contributed by atoms with van der Waals surface area (Å²) < 4.78 is 12.5. The van der Waals surface area contributed by atoms with Crippen molar-refractivity contribution in [3.05, 3.63) is 23.5 Å². The molecule has 0 atom stereocenters. The number of benzene rings is 1. The van der Waals surface area contributed by atoms with Crippen LogP contribution in [0, 0.1) is 5.82 Å². The van der Waals surface area contributed by atoms with E-state index in [0.717, 1.165) is 12.1 Å². The fourth-order valence-corrected chi connectivity index (χ4v) is 0.730. The number of halogens is 1. The number of rotatable bonds is 1. The van der Waals surface area contributed by atoms with Crippen molar-refractivity contribution in [3.63, 3.8) is 0 Å². The van der Waals surface area contributed by atoms with E-state index in [0.29, 0.717) is 0 Å². The van der Waals surface area contributed by atoms with Gasteiger partial charge in [-0.2, -0.15) is 0 Å². The van der Waals surface area contributed by atoms with Crippen molar-refractivity contribution in [1.82, 2.24) is 0 Å². The first-order chi connectivity index (χ1) is 5.15. The van der Waals surface area contributed by atoms with E-state index in [-0.39, 0.29) is 12.2 Å². The molecule has 11 heavy (non-hydrogen) atoms. The first-order valence-corrected chi connectivity index (χ1v) is 2.96. The van der Waals surface area contributed by atoms with E-state index in [2.05, 4.69) is 0 Å². The number of hydrogen-bond donors (Lipinski definition) is 3. The van der Waals surface area contributed by atoms with E-state index in [1.54, 1.807) is 0 Å². The molecule has 4 heteroatoms. The Labute approximate surface area is 62.3 Å². The van der Waals surface area contributed by atoms with Crippen molar-refractivity contribution >= 4 is 0 Å². The number of phenols is 2. The van der Waals surface area contributed by atoms with Gasteiger partial charge in [-0.3, -0.25) is 0 Å². The maximum absolute atomic E-state index is 12.5. The largest absolute Gasteiger partial charge is 0.504 e. The molecule has 0 bridgehead atoms. The minimum Gasteiger partial charge on any atom is -0.504 e. The van der Waals surface area contributed by atoms with E-state index in [1.165, 1.54) is 0 Å². The lowest BCUT2D eigenvalue weighted by Gasteiger charge is -2.00. The predicted molar refractivity (Wildman–Crippen MR) is 35.7 cm³/mol. The minimum absolute atomic E-state index is 0.220. The molecule has 1 rings (SSSR count). The van der Waals surface area contributed by atoms with Crippen LogP contribution in [-0.4, -0.2) is 15.3 Å². The van der Waals surface area contributed by atoms with E-state index in [9.17, 15) is 4.39 Å². The third-order valence-electron chi connectivity index (χ3n) is 1.29. The molecule has 0 heterocycles. The molecule has 0 unspecified atom stereocenters. The minimum atomic E-state index is -0.936. The van der Waals surface area contributed by atoms with E-state index in [4.69, 9.17) is 15.3 Å². The molecular weight excluding hydrogens is 151 g/mol. The SMILES string of the molecule is OCc1cc(O)c(O)c(F)c1. The molecule has 0 radical (unpaired) electrons. The van der Waals surface area contributed by atoms with Gasteiger partial charge in [0.25, 0.3) is 0 Å². The van der Waals surface area contributed by atoms with Crippen LogP contribution in [0.1, 0.15) is 5.56 Å². The molecule has 3 nitrogen and oxygen atoms in total. The summed E-state index contributed by atoms with van der Waals surface area (Å²) in [6.45, 7) is -0.370. The lowest BCUT2D eigenvalue weighted by atomic mass is 10.2. The maximum atomic E-state index is 12.5. The number of aliphatic hydroxyl groups is 1. The van der Waals surface area contributed by atoms with Crippen LogP contribution < -0.4 is 0 Å². The van der Waals surface area contributed by atoms with Gasteiger partial charge in [0.2, 0.25) is 0 Å². The summed E-state index contributed by atoms with van der Waals surface area (Å²) in [5.74, 6) is -2.29. The summed E-state index contributed by atoms with van der Waals surface area (Å²) in [7, 11) is 0. The average molecular weight is 158 g/mol. The molecule has 0 amide bonds. The van der Waals surface area contributed by atoms with Crippen LogP contribution in [0.25, 0.3) is 0 Å². The molecule has 1 aromatic carbocycles. The van der Waals surface area contributed by atoms with Crippen molar-refractivity contribution in [2.75, 3.05) is 0 Å². The van der Waals surface area contributed by atoms with Gasteiger partial charge in [-0.05, 0) is 17.7 Å². The predicted octanol–water partition coefficient (Wildman–Crippen LogP) is 0.729. The highest BCUT2D eigenvalue weighted by Gasteiger charge is 2.07. The number of aliphatic hydroxyl groups excluding tert-OH is 1. The molecular formula is C7H7FO3. The molecule has 0 aliphatic heterocycles. The molecule has 3 N–H and O–H groups in total. The van der Waals surface area contributed by atoms with Crippen LogP contribution in [0.15, 0.2) is 12.1 Å². The zero-order chi connectivity index (χ0) is 8.43. The number of hydrogen-bond acceptors (Lipinski definition) is 3. The lowest BCUT2D eigenvalue weighted by Crippen LogP contribution is -1.85. The van der Waals surface area contributed by atoms with Gasteiger partial charge in [-0.15, -0.1) is 0 Å². The van der Waals surface area contributed by atoms with Crippen LogP contribution >= 0.6 is 0 Å². The fraction of sp³-hybridized carbons (Fsp3) is 0.143. The third kappa shape index (κ3) is 1.40. The second kappa shape index (κ2) is 2.75. The number of aromatic hydroxyl groups is 2. The van der Waals surface area contributed by atoms with Gasteiger partial charge < -0.3 is 15.3 Å². The van der Waals surface area contributed by atoms with Crippen molar-refractivity contribution in [2.45, 2.75) is 6.61 Å². The van der Waals surface area contributed by atoms with Crippen LogP contribution in [0.3, 0.4) is 0 Å². The van der Waals surface area contributed by atoms with Crippen LogP contribution in [0.5, 0.6) is 11.5 Å². The summed E-state index contributed by atoms with van der Waals surface area (Å²) in [6.07, 6.45) is 0. The molecule has 1 aromatic rings. The van der Waals surface area contributed by atoms with E-state index < -0.39 is 17.3 Å². The zero-order valence-electron chi connectivity index (χ0n) is 5.58. The Morgan fingerprint density at radius 1 is 1.27 bits per heavy atom. The fourth-order valence-electron chi connectivity index (χ4n) is 0.730. The molecule has 0 aromatic heterocycles. The van der Waals surface area contributed by atoms with Crippen molar-refractivity contribution in [1.29, 1.82) is 0 Å². The molecule has 0 fully saturated rings. The first kappa shape index (κ1) is 7.81. The number of phenolic OH excluding ortho intramolecular Hbond substituents is 2. The van der Waals surface area contributed by atoms with Crippen LogP contribution in [-0.2, 0) is 6.61 Å². The highest BCUT2D eigenvalue weighted by molar-refractivity contribution is 5.41. The van der Waals surface area contributed by atoms with Crippen LogP contribution in [0.4, 0.5) is 4.39 Å². The molecule has 0 saturated heterocycles. The van der Waals surface area contributed by atoms with Gasteiger partial charge >= 0.3 is 0 Å². The zero-order valence-corrected chi connectivity index (χ0v) is 5.58. The Morgan fingerprint density at radius 3 is 2.36 bits per heavy atom. The van der Waals surface area contributed by atoms with Gasteiger partial charge in [-0.25, -0.2) is 4.39 Å². The molecule has 0 saturated carbocycles. The topological polar surface area (TPSA) is 60.7 Å². The quantitative estimate of drug-likeness (QED) is 0.528. The third-order valence-corrected chi connectivity index (χ3v) is 1.29. The van der Waals surface area contributed by atoms with Gasteiger partial charge in [-0.1, -0.05) is 0 Å². The molecule has 0 aliphatic carbocycles. The Kier molecular flexibility index (Phi) is 1.96. The Bertz CT molecular complexity index is 249. The van der Waals surface area contributed by atoms with Gasteiger partial charge in [0.1, 0.15) is 0 Å². The van der Waals surface area contributed by atoms with Gasteiger partial charge in [0.05, 0.1) is 6.61 Å². The van der Waals surface area contributed by atoms with E-state index in [1.807, 2.05) is 0 Å². The highest BCUT2D eigenvalue weighted by atomic mass is 19.1. The summed E-state index contributed by atoms with van der Waals surface area (Å²) in [5, 5.41) is 26.0. The second-order valence-electron chi connectivity index (χ2n) is 2.10. The second-order valence-corrected chi connectivity index (χ2v) is 2.10. The standard InChI is InChI=1S/C7H7FO3/c8-5-1-4(3-9)2-6(10)7(5)11/h1-2,9-11H,3H2. The average Bonchev–Trinajstić information content (AvgIpc) is 1.99. The monoisotopic (exact) mass is 158 g/mol. The van der Waals surface area contributed by atoms with Gasteiger partial charge in [0, 0.05) is 0 Å². The normalized spacial score (nSPS) is 10.0. The summed E-state index contributed by atoms with van der Waals surface area (Å²) >= 11 is 0. The Balaban J connectivity index is 3.21. The maximum Gasteiger partial charge on any atom is 0.194 e. The summed E-state index contributed by atoms with van der Waals surface area (Å²) in [6, 6.07) is 2.05. The van der Waals surface area contributed by atoms with Crippen molar-refractivity contribution in [3.8, 4) is 11.5 Å². The Morgan fingerprint density at radius 2 is 1.91 bits per heavy atom.